The van der Waals surface area contributed by atoms with Crippen molar-refractivity contribution in [2.75, 3.05) is 18.4 Å². The number of nitrogens with one attached hydrogen (secondary N) is 1. The maximum atomic E-state index is 12.6. The summed E-state index contributed by atoms with van der Waals surface area (Å²) in [6, 6.07) is 14.2. The largest absolute Gasteiger partial charge is 0.339 e. The van der Waals surface area contributed by atoms with Crippen LogP contribution in [0.2, 0.25) is 0 Å². The minimum absolute atomic E-state index is 0.0885. The Hall–Kier alpha value is -2.66. The van der Waals surface area contributed by atoms with E-state index in [1.807, 2.05) is 26.0 Å². The van der Waals surface area contributed by atoms with E-state index >= 15 is 0 Å². The molecule has 0 saturated carbocycles. The van der Waals surface area contributed by atoms with E-state index in [0.29, 0.717) is 36.4 Å². The Morgan fingerprint density at radius 3 is 2.21 bits per heavy atom. The molecular weight excluding hydrogens is 302 g/mol. The van der Waals surface area contributed by atoms with Crippen LogP contribution in [0.15, 0.2) is 48.5 Å². The second-order valence-corrected chi connectivity index (χ2v) is 5.38. The summed E-state index contributed by atoms with van der Waals surface area (Å²) in [5, 5.41) is 2.83. The van der Waals surface area contributed by atoms with Crippen LogP contribution in [0.5, 0.6) is 0 Å². The molecule has 0 saturated heterocycles. The van der Waals surface area contributed by atoms with Crippen molar-refractivity contribution in [1.29, 1.82) is 0 Å². The molecule has 2 rings (SSSR count). The number of hydrogen-bond donors (Lipinski definition) is 2. The predicted molar refractivity (Wildman–Crippen MR) is 96.0 cm³/mol. The third-order valence-electron chi connectivity index (χ3n) is 3.91. The summed E-state index contributed by atoms with van der Waals surface area (Å²) in [5.74, 6) is -0.340. The molecule has 0 aliphatic carbocycles. The smallest absolute Gasteiger partial charge is 0.255 e. The van der Waals surface area contributed by atoms with Gasteiger partial charge in [0.25, 0.3) is 11.8 Å². The summed E-state index contributed by atoms with van der Waals surface area (Å²) in [6.07, 6.45) is 0. The third kappa shape index (κ3) is 4.00. The number of benzene rings is 2. The number of amides is 2. The minimum Gasteiger partial charge on any atom is -0.339 e. The molecule has 0 fully saturated rings. The van der Waals surface area contributed by atoms with Crippen molar-refractivity contribution in [3.63, 3.8) is 0 Å². The van der Waals surface area contributed by atoms with Crippen molar-refractivity contribution >= 4 is 17.5 Å². The van der Waals surface area contributed by atoms with Crippen LogP contribution in [0.1, 0.15) is 40.1 Å². The summed E-state index contributed by atoms with van der Waals surface area (Å²) < 4.78 is 0. The fourth-order valence-corrected chi connectivity index (χ4v) is 2.45. The van der Waals surface area contributed by atoms with Crippen molar-refractivity contribution in [2.24, 2.45) is 5.73 Å². The Labute approximate surface area is 142 Å². The number of rotatable bonds is 6. The van der Waals surface area contributed by atoms with Crippen LogP contribution in [0.25, 0.3) is 0 Å². The molecule has 0 atom stereocenters. The highest BCUT2D eigenvalue weighted by Gasteiger charge is 2.17. The Balaban J connectivity index is 2.23. The van der Waals surface area contributed by atoms with Gasteiger partial charge in [0, 0.05) is 25.2 Å². The van der Waals surface area contributed by atoms with Gasteiger partial charge in [-0.15, -0.1) is 0 Å². The lowest BCUT2D eigenvalue weighted by atomic mass is 10.1. The van der Waals surface area contributed by atoms with Gasteiger partial charge in [-0.05, 0) is 43.7 Å². The Morgan fingerprint density at radius 2 is 1.62 bits per heavy atom. The molecule has 0 aromatic heterocycles. The maximum absolute atomic E-state index is 12.6. The number of para-hydroxylation sites is 1. The van der Waals surface area contributed by atoms with Crippen LogP contribution in [0.3, 0.4) is 0 Å². The number of anilines is 1. The van der Waals surface area contributed by atoms with Gasteiger partial charge < -0.3 is 16.0 Å². The standard InChI is InChI=1S/C19H23N3O2/c1-3-22(4-2)19(24)16-7-5-6-8-17(16)21-18(23)15-11-9-14(13-20)10-12-15/h5-12H,3-4,13,20H2,1-2H3,(H,21,23). The number of nitrogens with zero attached hydrogens (tertiary/aromatic N) is 1. The first-order chi connectivity index (χ1) is 11.6. The molecule has 24 heavy (non-hydrogen) atoms. The highest BCUT2D eigenvalue weighted by molar-refractivity contribution is 6.09. The van der Waals surface area contributed by atoms with Gasteiger partial charge in [-0.1, -0.05) is 24.3 Å². The summed E-state index contributed by atoms with van der Waals surface area (Å²) >= 11 is 0. The first-order valence-electron chi connectivity index (χ1n) is 8.09. The number of carbonyl (C=O) groups excluding carboxylic acids is 2. The van der Waals surface area contributed by atoms with Crippen molar-refractivity contribution in [3.05, 3.63) is 65.2 Å². The maximum Gasteiger partial charge on any atom is 0.255 e. The van der Waals surface area contributed by atoms with E-state index in [-0.39, 0.29) is 11.8 Å². The van der Waals surface area contributed by atoms with Gasteiger partial charge in [-0.25, -0.2) is 0 Å². The molecule has 2 amide bonds. The molecular formula is C19H23N3O2. The zero-order valence-electron chi connectivity index (χ0n) is 14.1. The zero-order chi connectivity index (χ0) is 17.5. The average molecular weight is 325 g/mol. The molecule has 0 heterocycles. The normalized spacial score (nSPS) is 10.3. The summed E-state index contributed by atoms with van der Waals surface area (Å²) in [7, 11) is 0. The van der Waals surface area contributed by atoms with E-state index in [1.165, 1.54) is 0 Å². The Kier molecular flexibility index (Phi) is 6.09. The fourth-order valence-electron chi connectivity index (χ4n) is 2.45. The van der Waals surface area contributed by atoms with Crippen LogP contribution >= 0.6 is 0 Å². The van der Waals surface area contributed by atoms with Gasteiger partial charge in [-0.2, -0.15) is 0 Å². The molecule has 0 aliphatic rings. The van der Waals surface area contributed by atoms with Gasteiger partial charge in [0.1, 0.15) is 0 Å². The summed E-state index contributed by atoms with van der Waals surface area (Å²) in [6.45, 7) is 5.54. The first-order valence-corrected chi connectivity index (χ1v) is 8.09. The SMILES string of the molecule is CCN(CC)C(=O)c1ccccc1NC(=O)c1ccc(CN)cc1. The van der Waals surface area contributed by atoms with E-state index in [9.17, 15) is 9.59 Å². The lowest BCUT2D eigenvalue weighted by Gasteiger charge is -2.20. The van der Waals surface area contributed by atoms with Crippen LogP contribution in [0, 0.1) is 0 Å². The molecule has 3 N–H and O–H groups in total. The lowest BCUT2D eigenvalue weighted by molar-refractivity contribution is 0.0774. The van der Waals surface area contributed by atoms with E-state index in [2.05, 4.69) is 5.32 Å². The Bertz CT molecular complexity index is 707. The van der Waals surface area contributed by atoms with Crippen LogP contribution in [-0.2, 0) is 6.54 Å². The van der Waals surface area contributed by atoms with E-state index in [4.69, 9.17) is 5.73 Å². The molecule has 5 heteroatoms. The number of nitrogens with two attached hydrogens (primary N) is 1. The van der Waals surface area contributed by atoms with Gasteiger partial charge in [0.2, 0.25) is 0 Å². The van der Waals surface area contributed by atoms with Gasteiger partial charge >= 0.3 is 0 Å². The van der Waals surface area contributed by atoms with E-state index in [1.54, 1.807) is 41.3 Å². The van der Waals surface area contributed by atoms with Crippen molar-refractivity contribution in [3.8, 4) is 0 Å². The molecule has 0 bridgehead atoms. The molecule has 0 spiro atoms. The second-order valence-electron chi connectivity index (χ2n) is 5.38. The molecule has 0 radical (unpaired) electrons. The monoisotopic (exact) mass is 325 g/mol. The second kappa shape index (κ2) is 8.26. The Morgan fingerprint density at radius 1 is 1.00 bits per heavy atom. The van der Waals surface area contributed by atoms with Crippen molar-refractivity contribution in [2.45, 2.75) is 20.4 Å². The number of carbonyl (C=O) groups is 2. The first kappa shape index (κ1) is 17.7. The summed E-state index contributed by atoms with van der Waals surface area (Å²) in [4.78, 5) is 26.7. The molecule has 5 nitrogen and oxygen atoms in total. The predicted octanol–water partition coefficient (Wildman–Crippen LogP) is 2.88. The van der Waals surface area contributed by atoms with E-state index in [0.717, 1.165) is 5.56 Å². The van der Waals surface area contributed by atoms with Crippen molar-refractivity contribution in [1.82, 2.24) is 4.90 Å². The highest BCUT2D eigenvalue weighted by atomic mass is 16.2. The molecule has 0 unspecified atom stereocenters. The molecule has 126 valence electrons. The molecule has 2 aromatic rings. The quantitative estimate of drug-likeness (QED) is 0.857. The van der Waals surface area contributed by atoms with Crippen LogP contribution in [-0.4, -0.2) is 29.8 Å². The van der Waals surface area contributed by atoms with Crippen molar-refractivity contribution < 1.29 is 9.59 Å². The van der Waals surface area contributed by atoms with Crippen LogP contribution in [0.4, 0.5) is 5.69 Å². The number of hydrogen-bond acceptors (Lipinski definition) is 3. The zero-order valence-corrected chi connectivity index (χ0v) is 14.1. The van der Waals surface area contributed by atoms with E-state index < -0.39 is 0 Å². The minimum atomic E-state index is -0.252. The van der Waals surface area contributed by atoms with Crippen LogP contribution < -0.4 is 11.1 Å². The van der Waals surface area contributed by atoms with Gasteiger partial charge in [0.05, 0.1) is 11.3 Å². The molecule has 2 aromatic carbocycles. The summed E-state index contributed by atoms with van der Waals surface area (Å²) in [5.41, 5.74) is 8.06. The van der Waals surface area contributed by atoms with Gasteiger partial charge in [0.15, 0.2) is 0 Å². The third-order valence-corrected chi connectivity index (χ3v) is 3.91. The average Bonchev–Trinajstić information content (AvgIpc) is 2.63. The fraction of sp³-hybridized carbons (Fsp3) is 0.263. The lowest BCUT2D eigenvalue weighted by Crippen LogP contribution is -2.31. The molecule has 0 aliphatic heterocycles. The van der Waals surface area contributed by atoms with Gasteiger partial charge in [-0.3, -0.25) is 9.59 Å². The topological polar surface area (TPSA) is 75.4 Å². The highest BCUT2D eigenvalue weighted by Crippen LogP contribution is 2.18.